The summed E-state index contributed by atoms with van der Waals surface area (Å²) >= 11 is 7.02. The number of halogens is 3. The lowest BCUT2D eigenvalue weighted by molar-refractivity contribution is 0.391. The molecule has 0 aliphatic rings. The van der Waals surface area contributed by atoms with Gasteiger partial charge < -0.3 is 4.74 Å². The Bertz CT molecular complexity index is 409. The van der Waals surface area contributed by atoms with Gasteiger partial charge in [0.15, 0.2) is 0 Å². The Kier molecular flexibility index (Phi) is 7.37. The molecule has 1 aromatic carbocycles. The molecule has 0 aromatic heterocycles. The zero-order chi connectivity index (χ0) is 14.4. The molecule has 0 spiro atoms. The van der Waals surface area contributed by atoms with Crippen molar-refractivity contribution in [2.75, 3.05) is 7.11 Å². The average molecular weight is 396 g/mol. The van der Waals surface area contributed by atoms with Crippen LogP contribution in [-0.4, -0.2) is 7.11 Å². The zero-order valence-electron chi connectivity index (χ0n) is 11.7. The van der Waals surface area contributed by atoms with E-state index >= 15 is 0 Å². The van der Waals surface area contributed by atoms with Crippen molar-refractivity contribution in [2.24, 2.45) is 5.92 Å². The largest absolute Gasteiger partial charge is 0.496 e. The fourth-order valence-electron chi connectivity index (χ4n) is 2.21. The van der Waals surface area contributed by atoms with Gasteiger partial charge >= 0.3 is 0 Å². The van der Waals surface area contributed by atoms with Crippen LogP contribution in [0.4, 0.5) is 4.39 Å². The molecule has 0 radical (unpaired) electrons. The van der Waals surface area contributed by atoms with Gasteiger partial charge in [-0.05, 0) is 34.3 Å². The van der Waals surface area contributed by atoms with E-state index in [2.05, 4.69) is 45.7 Å². The Morgan fingerprint density at radius 1 is 1.32 bits per heavy atom. The van der Waals surface area contributed by atoms with E-state index in [0.29, 0.717) is 16.1 Å². The molecule has 1 nitrogen and oxygen atoms in total. The summed E-state index contributed by atoms with van der Waals surface area (Å²) in [6, 6.07) is 3.27. The normalized spacial score (nSPS) is 14.2. The highest BCUT2D eigenvalue weighted by atomic mass is 79.9. The van der Waals surface area contributed by atoms with Crippen molar-refractivity contribution >= 4 is 31.9 Å². The summed E-state index contributed by atoms with van der Waals surface area (Å²) in [5.41, 5.74) is 1.01. The van der Waals surface area contributed by atoms with Gasteiger partial charge in [-0.15, -0.1) is 0 Å². The van der Waals surface area contributed by atoms with E-state index in [9.17, 15) is 4.39 Å². The number of methoxy groups -OCH3 is 1. The standard InChI is InChI=1S/C15H21Br2FO/c1-4-6-7-10(5-2)15(17)11-8-12(16)13(18)9-14(11)19-3/h8-10,15H,4-7H2,1-3H3. The average Bonchev–Trinajstić information content (AvgIpc) is 2.41. The van der Waals surface area contributed by atoms with E-state index in [1.807, 2.05) is 6.07 Å². The molecule has 0 aliphatic heterocycles. The van der Waals surface area contributed by atoms with Crippen molar-refractivity contribution in [2.45, 2.75) is 44.4 Å². The van der Waals surface area contributed by atoms with E-state index in [4.69, 9.17) is 4.74 Å². The Labute approximate surface area is 132 Å². The van der Waals surface area contributed by atoms with Gasteiger partial charge in [0, 0.05) is 16.5 Å². The molecule has 1 rings (SSSR count). The van der Waals surface area contributed by atoms with Crippen molar-refractivity contribution in [1.82, 2.24) is 0 Å². The lowest BCUT2D eigenvalue weighted by atomic mass is 9.91. The van der Waals surface area contributed by atoms with E-state index < -0.39 is 0 Å². The van der Waals surface area contributed by atoms with Crippen LogP contribution in [0.25, 0.3) is 0 Å². The molecule has 2 atom stereocenters. The predicted octanol–water partition coefficient (Wildman–Crippen LogP) is 6.25. The lowest BCUT2D eigenvalue weighted by Gasteiger charge is -2.23. The van der Waals surface area contributed by atoms with Crippen molar-refractivity contribution in [3.8, 4) is 5.75 Å². The van der Waals surface area contributed by atoms with Gasteiger partial charge in [0.2, 0.25) is 0 Å². The van der Waals surface area contributed by atoms with Crippen LogP contribution in [0.15, 0.2) is 16.6 Å². The number of rotatable bonds is 7. The van der Waals surface area contributed by atoms with Crippen molar-refractivity contribution in [3.05, 3.63) is 28.0 Å². The summed E-state index contributed by atoms with van der Waals surface area (Å²) < 4.78 is 19.3. The van der Waals surface area contributed by atoms with E-state index in [0.717, 1.165) is 12.0 Å². The summed E-state index contributed by atoms with van der Waals surface area (Å²) in [6.45, 7) is 4.39. The first-order valence-electron chi connectivity index (χ1n) is 6.72. The van der Waals surface area contributed by atoms with Gasteiger partial charge in [-0.3, -0.25) is 0 Å². The Morgan fingerprint density at radius 3 is 2.53 bits per heavy atom. The molecule has 0 heterocycles. The molecular formula is C15H21Br2FO. The number of alkyl halides is 1. The first-order chi connectivity index (χ1) is 9.04. The third kappa shape index (κ3) is 4.45. The number of unbranched alkanes of at least 4 members (excludes halogenated alkanes) is 1. The van der Waals surface area contributed by atoms with Crippen LogP contribution in [0.1, 0.15) is 49.9 Å². The molecule has 1 aromatic rings. The minimum Gasteiger partial charge on any atom is -0.496 e. The predicted molar refractivity (Wildman–Crippen MR) is 85.6 cm³/mol. The third-order valence-electron chi connectivity index (χ3n) is 3.44. The smallest absolute Gasteiger partial charge is 0.141 e. The summed E-state index contributed by atoms with van der Waals surface area (Å²) in [5, 5.41) is 0. The molecule has 2 unspecified atom stereocenters. The Balaban J connectivity index is 3.02. The van der Waals surface area contributed by atoms with Crippen LogP contribution in [-0.2, 0) is 0 Å². The maximum Gasteiger partial charge on any atom is 0.141 e. The van der Waals surface area contributed by atoms with Gasteiger partial charge in [0.1, 0.15) is 11.6 Å². The molecule has 0 bridgehead atoms. The summed E-state index contributed by atoms with van der Waals surface area (Å²) in [6.07, 6.45) is 4.67. The second-order valence-electron chi connectivity index (χ2n) is 4.72. The maximum atomic E-state index is 13.6. The van der Waals surface area contributed by atoms with E-state index in [-0.39, 0.29) is 10.6 Å². The number of benzene rings is 1. The molecule has 0 saturated heterocycles. The van der Waals surface area contributed by atoms with Crippen molar-refractivity contribution in [3.63, 3.8) is 0 Å². The SMILES string of the molecule is CCCCC(CC)C(Br)c1cc(Br)c(F)cc1OC. The van der Waals surface area contributed by atoms with E-state index in [1.165, 1.54) is 25.3 Å². The lowest BCUT2D eigenvalue weighted by Crippen LogP contribution is -2.08. The van der Waals surface area contributed by atoms with Crippen LogP contribution in [0.5, 0.6) is 5.75 Å². The first kappa shape index (κ1) is 17.0. The Morgan fingerprint density at radius 2 is 2.00 bits per heavy atom. The van der Waals surface area contributed by atoms with Gasteiger partial charge in [0.25, 0.3) is 0 Å². The van der Waals surface area contributed by atoms with Crippen LogP contribution in [0.3, 0.4) is 0 Å². The molecule has 0 N–H and O–H groups in total. The molecular weight excluding hydrogens is 375 g/mol. The highest BCUT2D eigenvalue weighted by Gasteiger charge is 2.23. The van der Waals surface area contributed by atoms with Crippen molar-refractivity contribution < 1.29 is 9.13 Å². The fourth-order valence-corrected chi connectivity index (χ4v) is 3.57. The zero-order valence-corrected chi connectivity index (χ0v) is 14.9. The fraction of sp³-hybridized carbons (Fsp3) is 0.600. The van der Waals surface area contributed by atoms with Crippen molar-refractivity contribution in [1.29, 1.82) is 0 Å². The molecule has 108 valence electrons. The first-order valence-corrected chi connectivity index (χ1v) is 8.42. The molecule has 0 fully saturated rings. The van der Waals surface area contributed by atoms with Gasteiger partial charge in [0.05, 0.1) is 11.6 Å². The minimum atomic E-state index is -0.290. The van der Waals surface area contributed by atoms with Crippen LogP contribution in [0.2, 0.25) is 0 Å². The second kappa shape index (κ2) is 8.25. The highest BCUT2D eigenvalue weighted by molar-refractivity contribution is 9.10. The minimum absolute atomic E-state index is 0.191. The summed E-state index contributed by atoms with van der Waals surface area (Å²) in [5.74, 6) is 0.852. The summed E-state index contributed by atoms with van der Waals surface area (Å²) in [4.78, 5) is 0.191. The van der Waals surface area contributed by atoms with Gasteiger partial charge in [-0.25, -0.2) is 4.39 Å². The van der Waals surface area contributed by atoms with Gasteiger partial charge in [-0.1, -0.05) is 49.0 Å². The number of hydrogen-bond donors (Lipinski definition) is 0. The highest BCUT2D eigenvalue weighted by Crippen LogP contribution is 2.42. The maximum absolute atomic E-state index is 13.6. The Hall–Kier alpha value is -0.0900. The monoisotopic (exact) mass is 394 g/mol. The molecule has 19 heavy (non-hydrogen) atoms. The number of hydrogen-bond acceptors (Lipinski definition) is 1. The topological polar surface area (TPSA) is 9.23 Å². The molecule has 0 amide bonds. The third-order valence-corrected chi connectivity index (χ3v) is 5.29. The van der Waals surface area contributed by atoms with Crippen LogP contribution in [0, 0.1) is 11.7 Å². The van der Waals surface area contributed by atoms with Gasteiger partial charge in [-0.2, -0.15) is 0 Å². The second-order valence-corrected chi connectivity index (χ2v) is 6.56. The summed E-state index contributed by atoms with van der Waals surface area (Å²) in [7, 11) is 1.58. The number of ether oxygens (including phenoxy) is 1. The molecule has 0 aliphatic carbocycles. The van der Waals surface area contributed by atoms with E-state index in [1.54, 1.807) is 7.11 Å². The molecule has 4 heteroatoms. The van der Waals surface area contributed by atoms with Crippen LogP contribution < -0.4 is 4.74 Å². The quantitative estimate of drug-likeness (QED) is 0.495. The molecule has 0 saturated carbocycles. The van der Waals surface area contributed by atoms with Crippen LogP contribution >= 0.6 is 31.9 Å².